The lowest BCUT2D eigenvalue weighted by molar-refractivity contribution is 0.0526. The van der Waals surface area contributed by atoms with Crippen molar-refractivity contribution in [2.24, 2.45) is 0 Å². The summed E-state index contributed by atoms with van der Waals surface area (Å²) in [7, 11) is 0. The maximum Gasteiger partial charge on any atom is 0.385 e. The third-order valence-corrected chi connectivity index (χ3v) is 1.62. The summed E-state index contributed by atoms with van der Waals surface area (Å²) in [6.07, 6.45) is 0. The van der Waals surface area contributed by atoms with Crippen molar-refractivity contribution in [2.45, 2.75) is 5.38 Å². The Labute approximate surface area is 81.3 Å². The lowest BCUT2D eigenvalue weighted by Gasteiger charge is -2.07. The summed E-state index contributed by atoms with van der Waals surface area (Å²) in [5.74, 6) is -4.82. The standard InChI is InChI=1S/C8H3ClF4O/c9-8(12,13)7(14)6-4(10)2-1-3-5(6)11/h1-3H. The molecule has 14 heavy (non-hydrogen) atoms. The van der Waals surface area contributed by atoms with Crippen molar-refractivity contribution >= 4 is 17.4 Å². The first-order valence-electron chi connectivity index (χ1n) is 3.39. The lowest BCUT2D eigenvalue weighted by atomic mass is 10.1. The fourth-order valence-corrected chi connectivity index (χ4v) is 0.951. The normalized spacial score (nSPS) is 11.5. The molecule has 1 aromatic carbocycles. The van der Waals surface area contributed by atoms with Crippen molar-refractivity contribution in [3.05, 3.63) is 35.4 Å². The van der Waals surface area contributed by atoms with Gasteiger partial charge in [-0.05, 0) is 23.7 Å². The van der Waals surface area contributed by atoms with E-state index < -0.39 is 28.4 Å². The van der Waals surface area contributed by atoms with Gasteiger partial charge in [0, 0.05) is 0 Å². The van der Waals surface area contributed by atoms with Crippen LogP contribution in [0.15, 0.2) is 18.2 Å². The van der Waals surface area contributed by atoms with Crippen molar-refractivity contribution in [3.63, 3.8) is 0 Å². The van der Waals surface area contributed by atoms with Crippen molar-refractivity contribution in [1.82, 2.24) is 0 Å². The van der Waals surface area contributed by atoms with Gasteiger partial charge < -0.3 is 0 Å². The Hall–Kier alpha value is -1.10. The molecular formula is C8H3ClF4O. The highest BCUT2D eigenvalue weighted by atomic mass is 35.5. The van der Waals surface area contributed by atoms with Gasteiger partial charge in [-0.15, -0.1) is 0 Å². The molecule has 0 amide bonds. The van der Waals surface area contributed by atoms with Crippen LogP contribution >= 0.6 is 11.6 Å². The van der Waals surface area contributed by atoms with Gasteiger partial charge in [0.15, 0.2) is 0 Å². The zero-order valence-corrected chi connectivity index (χ0v) is 7.29. The topological polar surface area (TPSA) is 17.1 Å². The van der Waals surface area contributed by atoms with E-state index in [1.54, 1.807) is 0 Å². The highest BCUT2D eigenvalue weighted by Gasteiger charge is 2.39. The molecule has 0 bridgehead atoms. The first kappa shape index (κ1) is 11.0. The van der Waals surface area contributed by atoms with Crippen molar-refractivity contribution in [3.8, 4) is 0 Å². The first-order valence-corrected chi connectivity index (χ1v) is 3.77. The van der Waals surface area contributed by atoms with Gasteiger partial charge in [-0.1, -0.05) is 6.07 Å². The molecule has 0 saturated heterocycles. The molecule has 0 heterocycles. The predicted molar refractivity (Wildman–Crippen MR) is 41.5 cm³/mol. The largest absolute Gasteiger partial charge is 0.385 e. The Morgan fingerprint density at radius 3 is 2.00 bits per heavy atom. The number of benzene rings is 1. The molecule has 0 unspecified atom stereocenters. The predicted octanol–water partition coefficient (Wildman–Crippen LogP) is 2.98. The van der Waals surface area contributed by atoms with Crippen LogP contribution in [0.4, 0.5) is 17.6 Å². The molecule has 0 saturated carbocycles. The zero-order valence-electron chi connectivity index (χ0n) is 6.53. The summed E-state index contributed by atoms with van der Waals surface area (Å²) in [6, 6.07) is 2.34. The van der Waals surface area contributed by atoms with E-state index in [1.807, 2.05) is 0 Å². The second-order valence-corrected chi connectivity index (χ2v) is 2.90. The molecular weight excluding hydrogens is 224 g/mol. The van der Waals surface area contributed by atoms with E-state index >= 15 is 0 Å². The Kier molecular flexibility index (Phi) is 2.80. The van der Waals surface area contributed by atoms with E-state index in [9.17, 15) is 22.4 Å². The van der Waals surface area contributed by atoms with Crippen LogP contribution in [0, 0.1) is 11.6 Å². The fourth-order valence-electron chi connectivity index (χ4n) is 0.856. The SMILES string of the molecule is O=C(c1c(F)cccc1F)C(F)(F)Cl. The molecule has 0 fully saturated rings. The van der Waals surface area contributed by atoms with Crippen LogP contribution in [0.5, 0.6) is 0 Å². The third-order valence-electron chi connectivity index (χ3n) is 1.45. The number of carbonyl (C=O) groups is 1. The number of rotatable bonds is 2. The molecule has 76 valence electrons. The second-order valence-electron chi connectivity index (χ2n) is 2.42. The van der Waals surface area contributed by atoms with E-state index in [-0.39, 0.29) is 0 Å². The summed E-state index contributed by atoms with van der Waals surface area (Å²) in [4.78, 5) is 10.7. The van der Waals surface area contributed by atoms with E-state index in [2.05, 4.69) is 11.6 Å². The Morgan fingerprint density at radius 2 is 1.64 bits per heavy atom. The summed E-state index contributed by atoms with van der Waals surface area (Å²) in [6.45, 7) is 0. The average Bonchev–Trinajstić information content (AvgIpc) is 2.01. The highest BCUT2D eigenvalue weighted by molar-refractivity contribution is 6.35. The maximum atomic E-state index is 12.8. The molecule has 0 N–H and O–H groups in total. The fraction of sp³-hybridized carbons (Fsp3) is 0.125. The van der Waals surface area contributed by atoms with Gasteiger partial charge in [-0.25, -0.2) is 8.78 Å². The number of hydrogen-bond acceptors (Lipinski definition) is 1. The molecule has 0 aliphatic rings. The highest BCUT2D eigenvalue weighted by Crippen LogP contribution is 2.27. The minimum absolute atomic E-state index is 0.693. The van der Waals surface area contributed by atoms with Crippen molar-refractivity contribution in [1.29, 1.82) is 0 Å². The number of alkyl halides is 3. The molecule has 1 aromatic rings. The smallest absolute Gasteiger partial charge is 0.286 e. The van der Waals surface area contributed by atoms with Gasteiger partial charge in [0.2, 0.25) is 0 Å². The molecule has 0 radical (unpaired) electrons. The van der Waals surface area contributed by atoms with Gasteiger partial charge in [0.05, 0.1) is 5.56 Å². The Morgan fingerprint density at radius 1 is 1.21 bits per heavy atom. The third kappa shape index (κ3) is 2.04. The number of hydrogen-bond donors (Lipinski definition) is 0. The summed E-state index contributed by atoms with van der Waals surface area (Å²) >= 11 is 4.35. The van der Waals surface area contributed by atoms with Gasteiger partial charge >= 0.3 is 5.38 Å². The Bertz CT molecular complexity index is 352. The average molecular weight is 227 g/mol. The van der Waals surface area contributed by atoms with E-state index in [0.717, 1.165) is 6.07 Å². The van der Waals surface area contributed by atoms with Crippen LogP contribution in [-0.2, 0) is 0 Å². The lowest BCUT2D eigenvalue weighted by Crippen LogP contribution is -2.23. The summed E-state index contributed by atoms with van der Waals surface area (Å²) in [5, 5.41) is -4.30. The van der Waals surface area contributed by atoms with Crippen LogP contribution < -0.4 is 0 Å². The molecule has 0 aromatic heterocycles. The zero-order chi connectivity index (χ0) is 10.9. The van der Waals surface area contributed by atoms with Crippen LogP contribution in [-0.4, -0.2) is 11.2 Å². The van der Waals surface area contributed by atoms with Crippen LogP contribution in [0.3, 0.4) is 0 Å². The number of ketones is 1. The minimum Gasteiger partial charge on any atom is -0.286 e. The summed E-state index contributed by atoms with van der Waals surface area (Å²) in [5.41, 5.74) is -1.33. The molecule has 0 aliphatic heterocycles. The quantitative estimate of drug-likeness (QED) is 0.430. The summed E-state index contributed by atoms with van der Waals surface area (Å²) < 4.78 is 50.0. The molecule has 0 aliphatic carbocycles. The number of Topliss-reactive ketones (excluding diaryl/α,β-unsaturated/α-hetero) is 1. The number of carbonyl (C=O) groups excluding carboxylic acids is 1. The van der Waals surface area contributed by atoms with Gasteiger partial charge in [0.1, 0.15) is 11.6 Å². The van der Waals surface area contributed by atoms with Crippen molar-refractivity contribution < 1.29 is 22.4 Å². The van der Waals surface area contributed by atoms with Crippen LogP contribution in [0.25, 0.3) is 0 Å². The van der Waals surface area contributed by atoms with Crippen molar-refractivity contribution in [2.75, 3.05) is 0 Å². The minimum atomic E-state index is -4.30. The van der Waals surface area contributed by atoms with Crippen LogP contribution in [0.1, 0.15) is 10.4 Å². The second kappa shape index (κ2) is 3.57. The molecule has 0 spiro atoms. The maximum absolute atomic E-state index is 12.8. The van der Waals surface area contributed by atoms with E-state index in [0.29, 0.717) is 12.1 Å². The molecule has 0 atom stereocenters. The molecule has 1 nitrogen and oxygen atoms in total. The Balaban J connectivity index is 3.26. The van der Waals surface area contributed by atoms with E-state index in [1.165, 1.54) is 0 Å². The van der Waals surface area contributed by atoms with Gasteiger partial charge in [-0.3, -0.25) is 4.79 Å². The van der Waals surface area contributed by atoms with Gasteiger partial charge in [-0.2, -0.15) is 8.78 Å². The first-order chi connectivity index (χ1) is 6.34. The van der Waals surface area contributed by atoms with Crippen LogP contribution in [0.2, 0.25) is 0 Å². The monoisotopic (exact) mass is 226 g/mol. The molecule has 6 heteroatoms. The number of halogens is 5. The van der Waals surface area contributed by atoms with Gasteiger partial charge in [0.25, 0.3) is 5.78 Å². The van der Waals surface area contributed by atoms with E-state index in [4.69, 9.17) is 0 Å². The molecule has 1 rings (SSSR count).